The van der Waals surface area contributed by atoms with Crippen molar-refractivity contribution < 1.29 is 4.79 Å². The molecule has 1 heterocycles. The molecule has 0 aromatic heterocycles. The van der Waals surface area contributed by atoms with Crippen LogP contribution in [0.15, 0.2) is 28.7 Å². The number of amides is 1. The first kappa shape index (κ1) is 17.8. The van der Waals surface area contributed by atoms with E-state index in [0.29, 0.717) is 6.04 Å². The van der Waals surface area contributed by atoms with Crippen LogP contribution in [0.1, 0.15) is 38.2 Å². The first-order valence-electron chi connectivity index (χ1n) is 7.86. The van der Waals surface area contributed by atoms with E-state index in [2.05, 4.69) is 57.8 Å². The zero-order chi connectivity index (χ0) is 14.9. The number of hydrogen-bond donors (Lipinski definition) is 2. The number of piperidine rings is 1. The average molecular weight is 388 g/mol. The van der Waals surface area contributed by atoms with Gasteiger partial charge in [0.2, 0.25) is 5.91 Å². The molecule has 1 amide bonds. The standard InChI is InChI=1S/C17H23BrN2O.ClH/c1-12-9-13(5-8-19-12)16(21)20-11-17(6-7-17)14-3-2-4-15(18)10-14;/h2-4,10,12-13,19H,5-9,11H2,1H3,(H,20,21);1H/t12-,13-;/m0./s1. The Morgan fingerprint density at radius 2 is 2.23 bits per heavy atom. The van der Waals surface area contributed by atoms with Crippen LogP contribution in [0.2, 0.25) is 0 Å². The largest absolute Gasteiger partial charge is 0.355 e. The van der Waals surface area contributed by atoms with Crippen molar-refractivity contribution in [3.05, 3.63) is 34.3 Å². The van der Waals surface area contributed by atoms with E-state index >= 15 is 0 Å². The fraction of sp³-hybridized carbons (Fsp3) is 0.588. The van der Waals surface area contributed by atoms with Gasteiger partial charge in [-0.3, -0.25) is 4.79 Å². The molecule has 2 atom stereocenters. The number of carbonyl (C=O) groups is 1. The Hall–Kier alpha value is -0.580. The molecule has 0 bridgehead atoms. The van der Waals surface area contributed by atoms with Crippen molar-refractivity contribution in [2.75, 3.05) is 13.1 Å². The molecule has 1 aromatic carbocycles. The van der Waals surface area contributed by atoms with Crippen LogP contribution in [0.5, 0.6) is 0 Å². The minimum Gasteiger partial charge on any atom is -0.355 e. The topological polar surface area (TPSA) is 41.1 Å². The third kappa shape index (κ3) is 4.03. The van der Waals surface area contributed by atoms with Crippen molar-refractivity contribution in [2.45, 2.75) is 44.1 Å². The molecule has 22 heavy (non-hydrogen) atoms. The Kier molecular flexibility index (Phi) is 5.92. The van der Waals surface area contributed by atoms with Crippen LogP contribution in [-0.2, 0) is 10.2 Å². The van der Waals surface area contributed by atoms with Crippen molar-refractivity contribution >= 4 is 34.2 Å². The van der Waals surface area contributed by atoms with Gasteiger partial charge in [0.1, 0.15) is 0 Å². The molecular formula is C17H24BrClN2O. The molecule has 1 aliphatic carbocycles. The number of halogens is 2. The van der Waals surface area contributed by atoms with E-state index in [-0.39, 0.29) is 29.6 Å². The smallest absolute Gasteiger partial charge is 0.223 e. The molecular weight excluding hydrogens is 364 g/mol. The maximum absolute atomic E-state index is 12.4. The molecule has 1 saturated carbocycles. The minimum atomic E-state index is 0. The van der Waals surface area contributed by atoms with Gasteiger partial charge < -0.3 is 10.6 Å². The highest BCUT2D eigenvalue weighted by molar-refractivity contribution is 9.10. The second kappa shape index (κ2) is 7.33. The summed E-state index contributed by atoms with van der Waals surface area (Å²) < 4.78 is 1.12. The predicted octanol–water partition coefficient (Wildman–Crippen LogP) is 3.41. The highest BCUT2D eigenvalue weighted by atomic mass is 79.9. The van der Waals surface area contributed by atoms with Crippen LogP contribution in [-0.4, -0.2) is 25.0 Å². The van der Waals surface area contributed by atoms with Gasteiger partial charge in [0.15, 0.2) is 0 Å². The van der Waals surface area contributed by atoms with Crippen molar-refractivity contribution in [2.24, 2.45) is 5.92 Å². The summed E-state index contributed by atoms with van der Waals surface area (Å²) in [5.74, 6) is 0.421. The number of rotatable bonds is 4. The van der Waals surface area contributed by atoms with Crippen LogP contribution in [0.3, 0.4) is 0 Å². The third-order valence-corrected chi connectivity index (χ3v) is 5.38. The van der Waals surface area contributed by atoms with E-state index in [1.54, 1.807) is 0 Å². The Bertz CT molecular complexity index is 533. The summed E-state index contributed by atoms with van der Waals surface area (Å²) in [7, 11) is 0. The number of benzene rings is 1. The SMILES string of the molecule is C[C@H]1C[C@@H](C(=O)NCC2(c3cccc(Br)c3)CC2)CCN1.Cl. The van der Waals surface area contributed by atoms with E-state index in [9.17, 15) is 4.79 Å². The fourth-order valence-corrected chi connectivity index (χ4v) is 3.71. The molecule has 2 N–H and O–H groups in total. The lowest BCUT2D eigenvalue weighted by molar-refractivity contribution is -0.126. The molecule has 5 heteroatoms. The van der Waals surface area contributed by atoms with Gasteiger partial charge in [0, 0.05) is 28.4 Å². The summed E-state index contributed by atoms with van der Waals surface area (Å²) in [5.41, 5.74) is 1.52. The molecule has 0 spiro atoms. The molecule has 2 fully saturated rings. The van der Waals surface area contributed by atoms with Gasteiger partial charge in [-0.1, -0.05) is 28.1 Å². The molecule has 3 rings (SSSR count). The van der Waals surface area contributed by atoms with E-state index < -0.39 is 0 Å². The molecule has 1 aliphatic heterocycles. The molecule has 2 aliphatic rings. The monoisotopic (exact) mass is 386 g/mol. The lowest BCUT2D eigenvalue weighted by Gasteiger charge is -2.28. The first-order chi connectivity index (χ1) is 10.1. The summed E-state index contributed by atoms with van der Waals surface area (Å²) in [6.07, 6.45) is 4.26. The van der Waals surface area contributed by atoms with E-state index in [1.165, 1.54) is 18.4 Å². The lowest BCUT2D eigenvalue weighted by Crippen LogP contribution is -2.44. The fourth-order valence-electron chi connectivity index (χ4n) is 3.31. The summed E-state index contributed by atoms with van der Waals surface area (Å²) in [6.45, 7) is 3.89. The minimum absolute atomic E-state index is 0. The number of hydrogen-bond acceptors (Lipinski definition) is 2. The summed E-state index contributed by atoms with van der Waals surface area (Å²) >= 11 is 3.54. The molecule has 3 nitrogen and oxygen atoms in total. The highest BCUT2D eigenvalue weighted by Gasteiger charge is 2.44. The summed E-state index contributed by atoms with van der Waals surface area (Å²) in [4.78, 5) is 12.4. The van der Waals surface area contributed by atoms with Gasteiger partial charge in [-0.15, -0.1) is 12.4 Å². The quantitative estimate of drug-likeness (QED) is 0.831. The van der Waals surface area contributed by atoms with Gasteiger partial charge in [0.05, 0.1) is 0 Å². The average Bonchev–Trinajstić information content (AvgIpc) is 3.26. The lowest BCUT2D eigenvalue weighted by atomic mass is 9.91. The summed E-state index contributed by atoms with van der Waals surface area (Å²) in [5, 5.41) is 6.61. The second-order valence-electron chi connectivity index (χ2n) is 6.58. The van der Waals surface area contributed by atoms with Crippen LogP contribution in [0.4, 0.5) is 0 Å². The van der Waals surface area contributed by atoms with Crippen LogP contribution < -0.4 is 10.6 Å². The Morgan fingerprint density at radius 1 is 1.45 bits per heavy atom. The Morgan fingerprint density at radius 3 is 2.86 bits per heavy atom. The predicted molar refractivity (Wildman–Crippen MR) is 95.5 cm³/mol. The maximum atomic E-state index is 12.4. The van der Waals surface area contributed by atoms with Crippen molar-refractivity contribution in [3.63, 3.8) is 0 Å². The van der Waals surface area contributed by atoms with Crippen LogP contribution in [0.25, 0.3) is 0 Å². The Balaban J connectivity index is 0.00000176. The number of nitrogens with one attached hydrogen (secondary N) is 2. The molecule has 1 saturated heterocycles. The summed E-state index contributed by atoms with van der Waals surface area (Å²) in [6, 6.07) is 8.95. The maximum Gasteiger partial charge on any atom is 0.223 e. The zero-order valence-electron chi connectivity index (χ0n) is 12.9. The van der Waals surface area contributed by atoms with Crippen molar-refractivity contribution in [3.8, 4) is 0 Å². The normalized spacial score (nSPS) is 25.9. The van der Waals surface area contributed by atoms with Crippen molar-refractivity contribution in [1.82, 2.24) is 10.6 Å². The highest BCUT2D eigenvalue weighted by Crippen LogP contribution is 2.48. The van der Waals surface area contributed by atoms with E-state index in [1.807, 2.05) is 0 Å². The van der Waals surface area contributed by atoms with Crippen LogP contribution in [0, 0.1) is 5.92 Å². The van der Waals surface area contributed by atoms with Gasteiger partial charge in [0.25, 0.3) is 0 Å². The Labute approximate surface area is 147 Å². The molecule has 0 radical (unpaired) electrons. The van der Waals surface area contributed by atoms with Gasteiger partial charge in [-0.25, -0.2) is 0 Å². The molecule has 1 aromatic rings. The number of carbonyl (C=O) groups excluding carboxylic acids is 1. The van der Waals surface area contributed by atoms with Crippen LogP contribution >= 0.6 is 28.3 Å². The van der Waals surface area contributed by atoms with E-state index in [0.717, 1.165) is 30.4 Å². The van der Waals surface area contributed by atoms with Gasteiger partial charge in [-0.05, 0) is 56.8 Å². The zero-order valence-corrected chi connectivity index (χ0v) is 15.3. The second-order valence-corrected chi connectivity index (χ2v) is 7.50. The molecule has 122 valence electrons. The third-order valence-electron chi connectivity index (χ3n) is 4.89. The molecule has 0 unspecified atom stereocenters. The van der Waals surface area contributed by atoms with Gasteiger partial charge >= 0.3 is 0 Å². The van der Waals surface area contributed by atoms with E-state index in [4.69, 9.17) is 0 Å². The van der Waals surface area contributed by atoms with Gasteiger partial charge in [-0.2, -0.15) is 0 Å². The van der Waals surface area contributed by atoms with Crippen molar-refractivity contribution in [1.29, 1.82) is 0 Å². The first-order valence-corrected chi connectivity index (χ1v) is 8.65.